The summed E-state index contributed by atoms with van der Waals surface area (Å²) >= 11 is 0. The molecule has 0 saturated heterocycles. The van der Waals surface area contributed by atoms with Crippen LogP contribution in [0.1, 0.15) is 36.0 Å². The number of aliphatic carboxylic acids is 1. The lowest BCUT2D eigenvalue weighted by atomic mass is 9.74. The minimum absolute atomic E-state index is 0.122. The zero-order valence-corrected chi connectivity index (χ0v) is 11.9. The van der Waals surface area contributed by atoms with E-state index in [1.165, 1.54) is 18.2 Å². The maximum Gasteiger partial charge on any atom is 0.305 e. The smallest absolute Gasteiger partial charge is 0.305 e. The van der Waals surface area contributed by atoms with Crippen molar-refractivity contribution in [3.05, 3.63) is 35.6 Å². The van der Waals surface area contributed by atoms with Crippen LogP contribution < -0.4 is 10.6 Å². The Labute approximate surface area is 126 Å². The van der Waals surface area contributed by atoms with Crippen LogP contribution in [0, 0.1) is 5.82 Å². The summed E-state index contributed by atoms with van der Waals surface area (Å²) < 4.78 is 13.0. The van der Waals surface area contributed by atoms with Gasteiger partial charge in [-0.05, 0) is 37.5 Å². The van der Waals surface area contributed by atoms with E-state index in [1.807, 2.05) is 0 Å². The lowest BCUT2D eigenvalue weighted by Gasteiger charge is -2.41. The van der Waals surface area contributed by atoms with Crippen molar-refractivity contribution in [3.8, 4) is 0 Å². The molecule has 2 rings (SSSR count). The summed E-state index contributed by atoms with van der Waals surface area (Å²) in [5, 5.41) is 13.9. The van der Waals surface area contributed by atoms with Crippen LogP contribution in [-0.4, -0.2) is 35.0 Å². The molecule has 118 valence electrons. The highest BCUT2D eigenvalue weighted by Crippen LogP contribution is 2.34. The number of carbonyl (C=O) groups excluding carboxylic acids is 2. The molecule has 1 fully saturated rings. The summed E-state index contributed by atoms with van der Waals surface area (Å²) in [7, 11) is 0. The molecular weight excluding hydrogens is 291 g/mol. The van der Waals surface area contributed by atoms with Gasteiger partial charge < -0.3 is 15.7 Å². The molecule has 1 aliphatic rings. The molecule has 2 amide bonds. The highest BCUT2D eigenvalue weighted by atomic mass is 19.1. The molecule has 3 N–H and O–H groups in total. The van der Waals surface area contributed by atoms with Crippen LogP contribution in [0.3, 0.4) is 0 Å². The Bertz CT molecular complexity index is 599. The number of carbonyl (C=O) groups is 3. The molecule has 0 unspecified atom stereocenters. The van der Waals surface area contributed by atoms with Gasteiger partial charge in [-0.1, -0.05) is 6.07 Å². The quantitative estimate of drug-likeness (QED) is 0.732. The molecule has 1 saturated carbocycles. The summed E-state index contributed by atoms with van der Waals surface area (Å²) in [4.78, 5) is 34.4. The predicted octanol–water partition coefficient (Wildman–Crippen LogP) is 1.07. The van der Waals surface area contributed by atoms with Crippen molar-refractivity contribution in [1.82, 2.24) is 10.6 Å². The standard InChI is InChI=1S/C15H17FN2O4/c16-11-4-1-3-10(7-11)14(22)17-9-12(19)18-15(5-2-6-15)8-13(20)21/h1,3-4,7H,2,5-6,8-9H2,(H,17,22)(H,18,19)(H,20,21). The van der Waals surface area contributed by atoms with Gasteiger partial charge in [0.2, 0.25) is 5.91 Å². The molecule has 0 bridgehead atoms. The van der Waals surface area contributed by atoms with Crippen molar-refractivity contribution in [1.29, 1.82) is 0 Å². The fourth-order valence-corrected chi connectivity index (χ4v) is 2.47. The molecule has 22 heavy (non-hydrogen) atoms. The van der Waals surface area contributed by atoms with E-state index in [2.05, 4.69) is 10.6 Å². The molecule has 1 aliphatic carbocycles. The minimum atomic E-state index is -0.969. The molecule has 0 spiro atoms. The number of benzene rings is 1. The van der Waals surface area contributed by atoms with E-state index in [4.69, 9.17) is 5.11 Å². The van der Waals surface area contributed by atoms with Gasteiger partial charge in [0, 0.05) is 5.56 Å². The molecule has 0 heterocycles. The van der Waals surface area contributed by atoms with Gasteiger partial charge in [-0.2, -0.15) is 0 Å². The van der Waals surface area contributed by atoms with Gasteiger partial charge in [0.1, 0.15) is 5.82 Å². The van der Waals surface area contributed by atoms with Gasteiger partial charge in [-0.15, -0.1) is 0 Å². The van der Waals surface area contributed by atoms with Crippen LogP contribution in [0.2, 0.25) is 0 Å². The van der Waals surface area contributed by atoms with Crippen molar-refractivity contribution in [2.75, 3.05) is 6.54 Å². The Morgan fingerprint density at radius 1 is 1.27 bits per heavy atom. The fourth-order valence-electron chi connectivity index (χ4n) is 2.47. The van der Waals surface area contributed by atoms with Crippen molar-refractivity contribution in [2.24, 2.45) is 0 Å². The number of halogens is 1. The monoisotopic (exact) mass is 308 g/mol. The second kappa shape index (κ2) is 6.55. The third-order valence-electron chi connectivity index (χ3n) is 3.70. The normalized spacial score (nSPS) is 15.5. The first-order valence-electron chi connectivity index (χ1n) is 6.97. The highest BCUT2D eigenvalue weighted by molar-refractivity contribution is 5.96. The van der Waals surface area contributed by atoms with Crippen LogP contribution in [-0.2, 0) is 9.59 Å². The lowest BCUT2D eigenvalue weighted by molar-refractivity contribution is -0.140. The number of carboxylic acid groups (broad SMARTS) is 1. The first-order chi connectivity index (χ1) is 10.4. The van der Waals surface area contributed by atoms with Gasteiger partial charge in [0.15, 0.2) is 0 Å². The van der Waals surface area contributed by atoms with Crippen molar-refractivity contribution < 1.29 is 23.9 Å². The second-order valence-electron chi connectivity index (χ2n) is 5.45. The average Bonchev–Trinajstić information content (AvgIpc) is 2.42. The Balaban J connectivity index is 1.85. The Kier molecular flexibility index (Phi) is 4.75. The molecule has 6 nitrogen and oxygen atoms in total. The number of carboxylic acids is 1. The van der Waals surface area contributed by atoms with E-state index in [-0.39, 0.29) is 18.5 Å². The molecule has 1 aromatic carbocycles. The van der Waals surface area contributed by atoms with Crippen LogP contribution in [0.4, 0.5) is 4.39 Å². The van der Waals surface area contributed by atoms with E-state index in [0.717, 1.165) is 12.5 Å². The molecule has 0 atom stereocenters. The largest absolute Gasteiger partial charge is 0.481 e. The third kappa shape index (κ3) is 4.03. The molecule has 0 aromatic heterocycles. The average molecular weight is 308 g/mol. The summed E-state index contributed by atoms with van der Waals surface area (Å²) in [6, 6.07) is 5.13. The van der Waals surface area contributed by atoms with Crippen LogP contribution in [0.15, 0.2) is 24.3 Å². The van der Waals surface area contributed by atoms with E-state index in [9.17, 15) is 18.8 Å². The summed E-state index contributed by atoms with van der Waals surface area (Å²) in [5.74, 6) is -2.52. The summed E-state index contributed by atoms with van der Waals surface area (Å²) in [5.41, 5.74) is -0.580. The minimum Gasteiger partial charge on any atom is -0.481 e. The Hall–Kier alpha value is -2.44. The number of nitrogens with one attached hydrogen (secondary N) is 2. The number of hydrogen-bond donors (Lipinski definition) is 3. The summed E-state index contributed by atoms with van der Waals surface area (Å²) in [6.45, 7) is -0.281. The number of rotatable bonds is 6. The van der Waals surface area contributed by atoms with E-state index in [1.54, 1.807) is 0 Å². The molecule has 0 radical (unpaired) electrons. The first kappa shape index (κ1) is 15.9. The zero-order chi connectivity index (χ0) is 16.2. The number of amides is 2. The molecule has 0 aliphatic heterocycles. The van der Waals surface area contributed by atoms with Gasteiger partial charge in [-0.3, -0.25) is 14.4 Å². The van der Waals surface area contributed by atoms with Crippen molar-refractivity contribution in [2.45, 2.75) is 31.2 Å². The Morgan fingerprint density at radius 3 is 2.55 bits per heavy atom. The van der Waals surface area contributed by atoms with Crippen molar-refractivity contribution >= 4 is 17.8 Å². The van der Waals surface area contributed by atoms with Gasteiger partial charge >= 0.3 is 5.97 Å². The topological polar surface area (TPSA) is 95.5 Å². The Morgan fingerprint density at radius 2 is 2.00 bits per heavy atom. The zero-order valence-electron chi connectivity index (χ0n) is 11.9. The maximum absolute atomic E-state index is 13.0. The van der Waals surface area contributed by atoms with Gasteiger partial charge in [0.25, 0.3) is 5.91 Å². The second-order valence-corrected chi connectivity index (χ2v) is 5.45. The molecule has 7 heteroatoms. The van der Waals surface area contributed by atoms with E-state index >= 15 is 0 Å². The predicted molar refractivity (Wildman–Crippen MR) is 75.7 cm³/mol. The molecule has 1 aromatic rings. The van der Waals surface area contributed by atoms with Crippen LogP contribution in [0.5, 0.6) is 0 Å². The summed E-state index contributed by atoms with van der Waals surface area (Å²) in [6.07, 6.45) is 1.96. The maximum atomic E-state index is 13.0. The SMILES string of the molecule is O=C(O)CC1(NC(=O)CNC(=O)c2cccc(F)c2)CCC1. The first-order valence-corrected chi connectivity index (χ1v) is 6.97. The van der Waals surface area contributed by atoms with E-state index < -0.39 is 29.1 Å². The fraction of sp³-hybridized carbons (Fsp3) is 0.400. The van der Waals surface area contributed by atoms with Crippen molar-refractivity contribution in [3.63, 3.8) is 0 Å². The van der Waals surface area contributed by atoms with E-state index in [0.29, 0.717) is 12.8 Å². The number of hydrogen-bond acceptors (Lipinski definition) is 3. The molecular formula is C15H17FN2O4. The third-order valence-corrected chi connectivity index (χ3v) is 3.70. The van der Waals surface area contributed by atoms with Crippen LogP contribution >= 0.6 is 0 Å². The highest BCUT2D eigenvalue weighted by Gasteiger charge is 2.40. The van der Waals surface area contributed by atoms with Crippen LogP contribution in [0.25, 0.3) is 0 Å². The van der Waals surface area contributed by atoms with Gasteiger partial charge in [0.05, 0.1) is 18.5 Å². The lowest BCUT2D eigenvalue weighted by Crippen LogP contribution is -2.56. The van der Waals surface area contributed by atoms with Gasteiger partial charge in [-0.25, -0.2) is 4.39 Å².